The molecule has 0 saturated carbocycles. The lowest BCUT2D eigenvalue weighted by atomic mass is 10.1. The van der Waals surface area contributed by atoms with Crippen molar-refractivity contribution >= 4 is 51.9 Å². The van der Waals surface area contributed by atoms with Crippen molar-refractivity contribution in [2.24, 2.45) is 9.98 Å². The molecule has 2 heterocycles. The smallest absolute Gasteiger partial charge is 0.259 e. The highest BCUT2D eigenvalue weighted by molar-refractivity contribution is 8.14. The van der Waals surface area contributed by atoms with Gasteiger partial charge in [0.1, 0.15) is 11.9 Å². The maximum Gasteiger partial charge on any atom is 0.259 e. The van der Waals surface area contributed by atoms with Crippen LogP contribution in [0.15, 0.2) is 58.5 Å². The zero-order valence-electron chi connectivity index (χ0n) is 16.5. The lowest BCUT2D eigenvalue weighted by Crippen LogP contribution is -2.41. The van der Waals surface area contributed by atoms with Crippen molar-refractivity contribution in [1.29, 1.82) is 0 Å². The van der Waals surface area contributed by atoms with Crippen LogP contribution in [0.2, 0.25) is 5.02 Å². The molecule has 154 valence electrons. The monoisotopic (exact) mass is 440 g/mol. The van der Waals surface area contributed by atoms with E-state index in [2.05, 4.69) is 15.3 Å². The molecule has 0 unspecified atom stereocenters. The highest BCUT2D eigenvalue weighted by Crippen LogP contribution is 2.34. The molecule has 2 aliphatic rings. The van der Waals surface area contributed by atoms with Gasteiger partial charge in [0.05, 0.1) is 11.4 Å². The molecule has 0 spiro atoms. The van der Waals surface area contributed by atoms with E-state index in [-0.39, 0.29) is 23.6 Å². The Kier molecular flexibility index (Phi) is 6.20. The Balaban J connectivity index is 1.46. The van der Waals surface area contributed by atoms with Crippen molar-refractivity contribution < 1.29 is 9.59 Å². The number of fused-ring (bicyclic) bond motifs is 3. The van der Waals surface area contributed by atoms with E-state index in [9.17, 15) is 9.59 Å². The molecule has 1 atom stereocenters. The van der Waals surface area contributed by atoms with E-state index < -0.39 is 0 Å². The Morgan fingerprint density at radius 1 is 1.20 bits per heavy atom. The molecule has 30 heavy (non-hydrogen) atoms. The molecule has 2 aromatic carbocycles. The molecule has 0 fully saturated rings. The van der Waals surface area contributed by atoms with Gasteiger partial charge in [-0.15, -0.1) is 0 Å². The fourth-order valence-corrected chi connectivity index (χ4v) is 4.30. The number of hydrogen-bond donors (Lipinski definition) is 1. The Hall–Kier alpha value is -2.64. The minimum atomic E-state index is -0.388. The summed E-state index contributed by atoms with van der Waals surface area (Å²) in [5.74, 6) is 0.582. The molecule has 2 aliphatic heterocycles. The van der Waals surface area contributed by atoms with Gasteiger partial charge in [-0.05, 0) is 36.2 Å². The van der Waals surface area contributed by atoms with Gasteiger partial charge in [0, 0.05) is 17.1 Å². The van der Waals surface area contributed by atoms with Crippen LogP contribution in [0.5, 0.6) is 0 Å². The van der Waals surface area contributed by atoms with Gasteiger partial charge >= 0.3 is 0 Å². The molecule has 0 bridgehead atoms. The minimum Gasteiger partial charge on any atom is -0.351 e. The van der Waals surface area contributed by atoms with Crippen LogP contribution in [0.1, 0.15) is 30.9 Å². The van der Waals surface area contributed by atoms with E-state index in [1.807, 2.05) is 43.3 Å². The predicted octanol–water partition coefficient (Wildman–Crippen LogP) is 4.15. The van der Waals surface area contributed by atoms with Crippen LogP contribution in [0, 0.1) is 0 Å². The number of thioether (sulfide) groups is 1. The number of nitrogens with zero attached hydrogens (tertiary/aromatic N) is 3. The van der Waals surface area contributed by atoms with E-state index in [0.717, 1.165) is 23.2 Å². The maximum absolute atomic E-state index is 12.9. The van der Waals surface area contributed by atoms with Crippen LogP contribution in [0.4, 0.5) is 5.69 Å². The van der Waals surface area contributed by atoms with Gasteiger partial charge in [0.2, 0.25) is 5.91 Å². The highest BCUT2D eigenvalue weighted by Gasteiger charge is 2.40. The van der Waals surface area contributed by atoms with Crippen LogP contribution in [-0.4, -0.2) is 39.5 Å². The summed E-state index contributed by atoms with van der Waals surface area (Å²) in [5, 5.41) is 4.04. The zero-order chi connectivity index (χ0) is 21.1. The second-order valence-electron chi connectivity index (χ2n) is 7.03. The summed E-state index contributed by atoms with van der Waals surface area (Å²) < 4.78 is 0. The number of benzene rings is 2. The Labute approximate surface area is 184 Å². The van der Waals surface area contributed by atoms with Crippen molar-refractivity contribution in [3.8, 4) is 0 Å². The number of amides is 2. The van der Waals surface area contributed by atoms with Crippen molar-refractivity contribution in [3.63, 3.8) is 0 Å². The third-order valence-corrected chi connectivity index (χ3v) is 6.04. The molecule has 6 nitrogen and oxygen atoms in total. The SMILES string of the molecule is CCC[C@@H]1N=C2c3ccccc3N=C(SCC(=O)NCc3ccc(Cl)cc3)N2C1=O. The van der Waals surface area contributed by atoms with E-state index in [0.29, 0.717) is 29.0 Å². The number of hydrogen-bond acceptors (Lipinski definition) is 5. The summed E-state index contributed by atoms with van der Waals surface area (Å²) in [6, 6.07) is 14.6. The molecule has 8 heteroatoms. The van der Waals surface area contributed by atoms with E-state index in [4.69, 9.17) is 11.6 Å². The Morgan fingerprint density at radius 2 is 1.97 bits per heavy atom. The number of para-hydroxylation sites is 1. The molecule has 0 aliphatic carbocycles. The van der Waals surface area contributed by atoms with Crippen molar-refractivity contribution in [2.75, 3.05) is 5.75 Å². The lowest BCUT2D eigenvalue weighted by Gasteiger charge is -2.25. The summed E-state index contributed by atoms with van der Waals surface area (Å²) in [4.78, 5) is 36.2. The number of amidine groups is 2. The fraction of sp³-hybridized carbons (Fsp3) is 0.273. The fourth-order valence-electron chi connectivity index (χ4n) is 3.34. The first-order valence-electron chi connectivity index (χ1n) is 9.80. The standard InChI is InChI=1S/C22H21ClN4O2S/c1-2-5-18-21(29)27-20(25-18)16-6-3-4-7-17(16)26-22(27)30-13-19(28)24-12-14-8-10-15(23)11-9-14/h3-4,6-11,18H,2,5,12-13H2,1H3,(H,24,28)/t18-/m0/s1. The summed E-state index contributed by atoms with van der Waals surface area (Å²) in [6.45, 7) is 2.45. The number of rotatable bonds is 6. The first-order chi connectivity index (χ1) is 14.6. The Bertz CT molecular complexity index is 1040. The number of aliphatic imine (C=N–C) groups is 2. The highest BCUT2D eigenvalue weighted by atomic mass is 35.5. The largest absolute Gasteiger partial charge is 0.351 e. The minimum absolute atomic E-state index is 0.0748. The zero-order valence-corrected chi connectivity index (χ0v) is 18.0. The van der Waals surface area contributed by atoms with Crippen molar-refractivity contribution in [3.05, 3.63) is 64.7 Å². The van der Waals surface area contributed by atoms with Gasteiger partial charge in [-0.25, -0.2) is 9.89 Å². The molecule has 0 aromatic heterocycles. The van der Waals surface area contributed by atoms with Crippen molar-refractivity contribution in [1.82, 2.24) is 10.2 Å². The number of halogens is 1. The summed E-state index contributed by atoms with van der Waals surface area (Å²) in [6.07, 6.45) is 1.57. The molecule has 0 radical (unpaired) electrons. The molecule has 1 N–H and O–H groups in total. The van der Waals surface area contributed by atoms with Gasteiger partial charge in [-0.2, -0.15) is 0 Å². The van der Waals surface area contributed by atoms with E-state index >= 15 is 0 Å². The average molecular weight is 441 g/mol. The van der Waals surface area contributed by atoms with Gasteiger partial charge in [0.25, 0.3) is 5.91 Å². The first kappa shape index (κ1) is 20.6. The number of carbonyl (C=O) groups is 2. The molecular weight excluding hydrogens is 420 g/mol. The van der Waals surface area contributed by atoms with Gasteiger partial charge in [0.15, 0.2) is 5.17 Å². The molecule has 2 aromatic rings. The topological polar surface area (TPSA) is 74.1 Å². The first-order valence-corrected chi connectivity index (χ1v) is 11.2. The number of nitrogens with one attached hydrogen (secondary N) is 1. The number of carbonyl (C=O) groups excluding carboxylic acids is 2. The molecular formula is C22H21ClN4O2S. The summed E-state index contributed by atoms with van der Waals surface area (Å²) in [7, 11) is 0. The molecule has 4 rings (SSSR count). The summed E-state index contributed by atoms with van der Waals surface area (Å²) >= 11 is 7.13. The maximum atomic E-state index is 12.9. The van der Waals surface area contributed by atoms with Crippen LogP contribution in [0.25, 0.3) is 0 Å². The molecule has 0 saturated heterocycles. The van der Waals surface area contributed by atoms with E-state index in [1.54, 1.807) is 17.0 Å². The van der Waals surface area contributed by atoms with Crippen LogP contribution in [-0.2, 0) is 16.1 Å². The quantitative estimate of drug-likeness (QED) is 0.733. The third-order valence-electron chi connectivity index (χ3n) is 4.85. The van der Waals surface area contributed by atoms with Gasteiger partial charge < -0.3 is 5.32 Å². The second-order valence-corrected chi connectivity index (χ2v) is 8.41. The van der Waals surface area contributed by atoms with Crippen LogP contribution in [0.3, 0.4) is 0 Å². The normalized spacial score (nSPS) is 17.2. The van der Waals surface area contributed by atoms with Crippen molar-refractivity contribution in [2.45, 2.75) is 32.4 Å². The predicted molar refractivity (Wildman–Crippen MR) is 121 cm³/mol. The Morgan fingerprint density at radius 3 is 2.73 bits per heavy atom. The second kappa shape index (κ2) is 9.02. The lowest BCUT2D eigenvalue weighted by molar-refractivity contribution is -0.124. The van der Waals surface area contributed by atoms with Gasteiger partial charge in [-0.3, -0.25) is 14.6 Å². The average Bonchev–Trinajstić information content (AvgIpc) is 3.08. The van der Waals surface area contributed by atoms with Crippen LogP contribution < -0.4 is 5.32 Å². The third kappa shape index (κ3) is 4.27. The molecule has 2 amide bonds. The summed E-state index contributed by atoms with van der Waals surface area (Å²) in [5.41, 5.74) is 2.58. The van der Waals surface area contributed by atoms with Crippen LogP contribution >= 0.6 is 23.4 Å². The van der Waals surface area contributed by atoms with E-state index in [1.165, 1.54) is 11.8 Å². The van der Waals surface area contributed by atoms with Gasteiger partial charge in [-0.1, -0.05) is 61.0 Å².